The molecule has 0 atom stereocenters. The molecule has 1 aromatic carbocycles. The van der Waals surface area contributed by atoms with Gasteiger partial charge in [0.25, 0.3) is 0 Å². The van der Waals surface area contributed by atoms with Gasteiger partial charge in [0.2, 0.25) is 0 Å². The Morgan fingerprint density at radius 1 is 1.18 bits per heavy atom. The number of aromatic nitrogens is 1. The van der Waals surface area contributed by atoms with Crippen molar-refractivity contribution in [3.63, 3.8) is 0 Å². The van der Waals surface area contributed by atoms with Gasteiger partial charge in [-0.05, 0) is 17.7 Å². The Hall–Kier alpha value is -2.36. The summed E-state index contributed by atoms with van der Waals surface area (Å²) in [6, 6.07) is 8.66. The minimum absolute atomic E-state index is 0.0244. The number of hydrogen-bond donors (Lipinski definition) is 1. The van der Waals surface area contributed by atoms with Gasteiger partial charge in [0.1, 0.15) is 0 Å². The van der Waals surface area contributed by atoms with Gasteiger partial charge in [-0.3, -0.25) is 0 Å². The Labute approximate surface area is 97.5 Å². The normalized spacial score (nSPS) is 13.3. The average molecular weight is 227 g/mol. The molecule has 4 nitrogen and oxygen atoms in total. The molecule has 1 aliphatic rings. The van der Waals surface area contributed by atoms with Gasteiger partial charge < -0.3 is 9.84 Å². The Bertz CT molecular complexity index is 607. The van der Waals surface area contributed by atoms with E-state index in [2.05, 4.69) is 4.98 Å². The second-order valence-corrected chi connectivity index (χ2v) is 3.84. The summed E-state index contributed by atoms with van der Waals surface area (Å²) in [4.78, 5) is 15.8. The zero-order valence-corrected chi connectivity index (χ0v) is 8.88. The quantitative estimate of drug-likeness (QED) is 0.551. The predicted octanol–water partition coefficient (Wildman–Crippen LogP) is 1.91. The molecule has 1 aromatic heterocycles. The number of phenols is 1. The number of aromatic hydroxyl groups is 1. The Morgan fingerprint density at radius 2 is 2.00 bits per heavy atom. The van der Waals surface area contributed by atoms with E-state index in [1.807, 2.05) is 12.1 Å². The molecule has 0 unspecified atom stereocenters. The number of hydrogen-bond acceptors (Lipinski definition) is 4. The summed E-state index contributed by atoms with van der Waals surface area (Å²) < 4.78 is 5.16. The highest BCUT2D eigenvalue weighted by Gasteiger charge is 2.23. The van der Waals surface area contributed by atoms with Crippen molar-refractivity contribution in [3.05, 3.63) is 53.3 Å². The number of carbonyl (C=O) groups excluding carboxylic acids is 1. The Kier molecular flexibility index (Phi) is 2.08. The molecule has 1 aliphatic heterocycles. The summed E-state index contributed by atoms with van der Waals surface area (Å²) >= 11 is 0. The molecular weight excluding hydrogens is 218 g/mol. The van der Waals surface area contributed by atoms with E-state index >= 15 is 0 Å². The van der Waals surface area contributed by atoms with Gasteiger partial charge in [0.05, 0.1) is 0 Å². The van der Waals surface area contributed by atoms with Crippen molar-refractivity contribution >= 4 is 5.97 Å². The van der Waals surface area contributed by atoms with Gasteiger partial charge >= 0.3 is 5.97 Å². The van der Waals surface area contributed by atoms with Crippen molar-refractivity contribution in [2.45, 2.75) is 6.42 Å². The van der Waals surface area contributed by atoms with Gasteiger partial charge in [-0.2, -0.15) is 0 Å². The SMILES string of the molecule is O=C1Oc2c(O)cccc2Cc2cccnc21. The lowest BCUT2D eigenvalue weighted by Crippen LogP contribution is -2.10. The van der Waals surface area contributed by atoms with Gasteiger partial charge in [-0.15, -0.1) is 0 Å². The molecule has 0 bridgehead atoms. The highest BCUT2D eigenvalue weighted by molar-refractivity contribution is 5.92. The fraction of sp³-hybridized carbons (Fsp3) is 0.0769. The highest BCUT2D eigenvalue weighted by atomic mass is 16.5. The lowest BCUT2D eigenvalue weighted by atomic mass is 10.0. The number of rotatable bonds is 0. The van der Waals surface area contributed by atoms with Crippen molar-refractivity contribution in [2.75, 3.05) is 0 Å². The standard InChI is InChI=1S/C13H9NO3/c15-10-5-1-3-9-7-8-4-2-6-14-11(8)13(16)17-12(9)10/h1-6,15H,7H2. The first-order valence-electron chi connectivity index (χ1n) is 5.22. The van der Waals surface area contributed by atoms with Crippen LogP contribution in [0.25, 0.3) is 0 Å². The van der Waals surface area contributed by atoms with E-state index in [9.17, 15) is 9.90 Å². The molecule has 0 fully saturated rings. The summed E-state index contributed by atoms with van der Waals surface area (Å²) in [5.74, 6) is -0.319. The van der Waals surface area contributed by atoms with E-state index < -0.39 is 5.97 Å². The van der Waals surface area contributed by atoms with Gasteiger partial charge in [-0.25, -0.2) is 9.78 Å². The van der Waals surface area contributed by atoms with Crippen LogP contribution in [0, 0.1) is 0 Å². The van der Waals surface area contributed by atoms with Crippen LogP contribution in [0.5, 0.6) is 11.5 Å². The molecule has 0 saturated carbocycles. The summed E-state index contributed by atoms with van der Waals surface area (Å²) in [6.07, 6.45) is 2.08. The highest BCUT2D eigenvalue weighted by Crippen LogP contribution is 2.34. The molecule has 0 saturated heterocycles. The first-order chi connectivity index (χ1) is 8.25. The molecular formula is C13H9NO3. The monoisotopic (exact) mass is 227 g/mol. The third kappa shape index (κ3) is 1.54. The van der Waals surface area contributed by atoms with Crippen LogP contribution in [-0.4, -0.2) is 16.1 Å². The molecule has 3 rings (SSSR count). The Morgan fingerprint density at radius 3 is 2.88 bits per heavy atom. The van der Waals surface area contributed by atoms with Crippen molar-refractivity contribution in [1.82, 2.24) is 4.98 Å². The maximum Gasteiger partial charge on any atom is 0.362 e. The molecule has 1 N–H and O–H groups in total. The van der Waals surface area contributed by atoms with E-state index in [4.69, 9.17) is 4.74 Å². The number of carbonyl (C=O) groups is 1. The van der Waals surface area contributed by atoms with Gasteiger partial charge in [-0.1, -0.05) is 18.2 Å². The van der Waals surface area contributed by atoms with Crippen LogP contribution in [-0.2, 0) is 6.42 Å². The molecule has 2 heterocycles. The second kappa shape index (κ2) is 3.59. The van der Waals surface area contributed by atoms with Crippen molar-refractivity contribution in [3.8, 4) is 11.5 Å². The first-order valence-corrected chi connectivity index (χ1v) is 5.22. The van der Waals surface area contributed by atoms with E-state index in [0.29, 0.717) is 12.1 Å². The number of pyridine rings is 1. The van der Waals surface area contributed by atoms with Crippen LogP contribution in [0.15, 0.2) is 36.5 Å². The maximum atomic E-state index is 11.8. The fourth-order valence-corrected chi connectivity index (χ4v) is 1.94. The molecule has 0 radical (unpaired) electrons. The smallest absolute Gasteiger partial charge is 0.362 e. The second-order valence-electron chi connectivity index (χ2n) is 3.84. The lowest BCUT2D eigenvalue weighted by Gasteiger charge is -2.06. The van der Waals surface area contributed by atoms with E-state index in [1.54, 1.807) is 18.3 Å². The number of phenolic OH excluding ortho intramolecular Hbond substituents is 1. The van der Waals surface area contributed by atoms with E-state index in [0.717, 1.165) is 11.1 Å². The number of fused-ring (bicyclic) bond motifs is 2. The largest absolute Gasteiger partial charge is 0.504 e. The van der Waals surface area contributed by atoms with Crippen LogP contribution in [0.3, 0.4) is 0 Å². The fourth-order valence-electron chi connectivity index (χ4n) is 1.94. The van der Waals surface area contributed by atoms with E-state index in [-0.39, 0.29) is 11.5 Å². The molecule has 0 aliphatic carbocycles. The molecule has 84 valence electrons. The average Bonchev–Trinajstić information content (AvgIpc) is 2.47. The van der Waals surface area contributed by atoms with Crippen LogP contribution >= 0.6 is 0 Å². The first kappa shape index (κ1) is 9.84. The summed E-state index contributed by atoms with van der Waals surface area (Å²) in [5, 5.41) is 9.68. The maximum absolute atomic E-state index is 11.8. The van der Waals surface area contributed by atoms with Gasteiger partial charge in [0, 0.05) is 18.2 Å². The minimum atomic E-state index is -0.527. The van der Waals surface area contributed by atoms with E-state index in [1.165, 1.54) is 6.07 Å². The predicted molar refractivity (Wildman–Crippen MR) is 60.1 cm³/mol. The van der Waals surface area contributed by atoms with Crippen LogP contribution < -0.4 is 4.74 Å². The topological polar surface area (TPSA) is 59.4 Å². The molecule has 17 heavy (non-hydrogen) atoms. The molecule has 0 spiro atoms. The van der Waals surface area contributed by atoms with Crippen molar-refractivity contribution < 1.29 is 14.6 Å². The van der Waals surface area contributed by atoms with Crippen LogP contribution in [0.1, 0.15) is 21.6 Å². The lowest BCUT2D eigenvalue weighted by molar-refractivity contribution is 0.0724. The van der Waals surface area contributed by atoms with Crippen LogP contribution in [0.4, 0.5) is 0 Å². The molecule has 2 aromatic rings. The number of para-hydroxylation sites is 1. The zero-order chi connectivity index (χ0) is 11.8. The molecule has 4 heteroatoms. The summed E-state index contributed by atoms with van der Waals surface area (Å²) in [5.41, 5.74) is 1.90. The third-order valence-corrected chi connectivity index (χ3v) is 2.74. The third-order valence-electron chi connectivity index (χ3n) is 2.74. The summed E-state index contributed by atoms with van der Waals surface area (Å²) in [7, 11) is 0. The zero-order valence-electron chi connectivity index (χ0n) is 8.88. The molecule has 0 amide bonds. The summed E-state index contributed by atoms with van der Waals surface area (Å²) in [6.45, 7) is 0. The van der Waals surface area contributed by atoms with Crippen molar-refractivity contribution in [2.24, 2.45) is 0 Å². The number of benzene rings is 1. The Balaban J connectivity index is 2.20. The van der Waals surface area contributed by atoms with Gasteiger partial charge in [0.15, 0.2) is 17.2 Å². The van der Waals surface area contributed by atoms with Crippen LogP contribution in [0.2, 0.25) is 0 Å². The number of nitrogens with zero attached hydrogens (tertiary/aromatic N) is 1. The van der Waals surface area contributed by atoms with Crippen molar-refractivity contribution in [1.29, 1.82) is 0 Å². The minimum Gasteiger partial charge on any atom is -0.504 e. The number of ether oxygens (including phenoxy) is 1. The number of esters is 1.